The van der Waals surface area contributed by atoms with Crippen LogP contribution in [-0.2, 0) is 11.3 Å². The summed E-state index contributed by atoms with van der Waals surface area (Å²) in [6, 6.07) is 15.3. The van der Waals surface area contributed by atoms with E-state index in [0.29, 0.717) is 30.9 Å². The first-order valence-electron chi connectivity index (χ1n) is 9.94. The second kappa shape index (κ2) is 7.26. The van der Waals surface area contributed by atoms with Gasteiger partial charge in [-0.1, -0.05) is 30.3 Å². The molecule has 0 bridgehead atoms. The van der Waals surface area contributed by atoms with Crippen LogP contribution in [0.1, 0.15) is 29.3 Å². The monoisotopic (exact) mass is 399 g/mol. The second-order valence-electron chi connectivity index (χ2n) is 7.69. The Balaban J connectivity index is 1.51. The van der Waals surface area contributed by atoms with Crippen molar-refractivity contribution in [2.45, 2.75) is 25.8 Å². The highest BCUT2D eigenvalue weighted by Crippen LogP contribution is 2.30. The third-order valence-electron chi connectivity index (χ3n) is 5.63. The summed E-state index contributed by atoms with van der Waals surface area (Å²) in [5.41, 5.74) is 4.93. The van der Waals surface area contributed by atoms with Crippen molar-refractivity contribution in [3.63, 3.8) is 0 Å². The first-order valence-corrected chi connectivity index (χ1v) is 9.94. The molecule has 7 heteroatoms. The standard InChI is InChI=1S/C23H21N5O2/c1-15-22(17-5-3-2-4-6-17)23-25-19(12-21(30)28(23)26-15)18-11-20(29)27(14-18)13-16-7-9-24-10-8-16/h2-10,12,18,26H,11,13-14H2,1H3. The summed E-state index contributed by atoms with van der Waals surface area (Å²) in [7, 11) is 0. The topological polar surface area (TPSA) is 83.4 Å². The number of aromatic amines is 1. The highest BCUT2D eigenvalue weighted by molar-refractivity contribution is 5.81. The van der Waals surface area contributed by atoms with Crippen LogP contribution in [0.15, 0.2) is 65.7 Å². The summed E-state index contributed by atoms with van der Waals surface area (Å²) in [5, 5.41) is 3.12. The minimum Gasteiger partial charge on any atom is -0.338 e. The molecule has 0 aliphatic carbocycles. The number of rotatable bonds is 4. The predicted molar refractivity (Wildman–Crippen MR) is 113 cm³/mol. The van der Waals surface area contributed by atoms with E-state index in [2.05, 4.69) is 10.1 Å². The fourth-order valence-corrected chi connectivity index (χ4v) is 4.16. The Bertz CT molecular complexity index is 1280. The molecule has 4 aromatic rings. The maximum absolute atomic E-state index is 12.8. The highest BCUT2D eigenvalue weighted by Gasteiger charge is 2.32. The molecule has 30 heavy (non-hydrogen) atoms. The Hall–Kier alpha value is -3.74. The number of aryl methyl sites for hydroxylation is 1. The normalized spacial score (nSPS) is 16.5. The van der Waals surface area contributed by atoms with Crippen LogP contribution in [0.2, 0.25) is 0 Å². The van der Waals surface area contributed by atoms with Crippen molar-refractivity contribution in [1.29, 1.82) is 0 Å². The summed E-state index contributed by atoms with van der Waals surface area (Å²) >= 11 is 0. The van der Waals surface area contributed by atoms with Crippen LogP contribution in [0.4, 0.5) is 0 Å². The van der Waals surface area contributed by atoms with Crippen LogP contribution < -0.4 is 5.56 Å². The van der Waals surface area contributed by atoms with Gasteiger partial charge in [0.1, 0.15) is 0 Å². The Labute approximate surface area is 173 Å². The van der Waals surface area contributed by atoms with Gasteiger partial charge < -0.3 is 4.90 Å². The minimum atomic E-state index is -0.166. The van der Waals surface area contributed by atoms with Gasteiger partial charge in [0, 0.05) is 55.1 Å². The summed E-state index contributed by atoms with van der Waals surface area (Å²) in [6.45, 7) is 3.02. The van der Waals surface area contributed by atoms with Crippen LogP contribution in [-0.4, -0.2) is 36.9 Å². The van der Waals surface area contributed by atoms with Crippen LogP contribution in [0.3, 0.4) is 0 Å². The fourth-order valence-electron chi connectivity index (χ4n) is 4.16. The van der Waals surface area contributed by atoms with E-state index in [1.807, 2.05) is 54.3 Å². The number of carbonyl (C=O) groups is 1. The number of likely N-dealkylation sites (tertiary alicyclic amines) is 1. The summed E-state index contributed by atoms with van der Waals surface area (Å²) in [4.78, 5) is 36.1. The van der Waals surface area contributed by atoms with Crippen molar-refractivity contribution in [3.8, 4) is 11.1 Å². The first kappa shape index (κ1) is 18.3. The van der Waals surface area contributed by atoms with Crippen molar-refractivity contribution in [3.05, 3.63) is 88.2 Å². The molecule has 1 atom stereocenters. The lowest BCUT2D eigenvalue weighted by Gasteiger charge is -2.16. The van der Waals surface area contributed by atoms with E-state index in [1.165, 1.54) is 4.52 Å². The van der Waals surface area contributed by atoms with Crippen molar-refractivity contribution >= 4 is 11.6 Å². The smallest absolute Gasteiger partial charge is 0.272 e. The maximum atomic E-state index is 12.8. The molecule has 1 aromatic carbocycles. The van der Waals surface area contributed by atoms with E-state index in [9.17, 15) is 9.59 Å². The van der Waals surface area contributed by atoms with Gasteiger partial charge in [0.15, 0.2) is 5.65 Å². The number of fused-ring (bicyclic) bond motifs is 1. The number of hydrogen-bond donors (Lipinski definition) is 1. The summed E-state index contributed by atoms with van der Waals surface area (Å²) < 4.78 is 1.48. The molecule has 7 nitrogen and oxygen atoms in total. The zero-order chi connectivity index (χ0) is 20.7. The molecule has 5 rings (SSSR count). The van der Waals surface area contributed by atoms with Crippen LogP contribution in [0.5, 0.6) is 0 Å². The van der Waals surface area contributed by atoms with E-state index in [1.54, 1.807) is 18.5 Å². The van der Waals surface area contributed by atoms with Crippen LogP contribution in [0, 0.1) is 6.92 Å². The Morgan fingerprint density at radius 2 is 1.87 bits per heavy atom. The lowest BCUT2D eigenvalue weighted by Crippen LogP contribution is -2.24. The quantitative estimate of drug-likeness (QED) is 0.572. The molecular weight excluding hydrogens is 378 g/mol. The second-order valence-corrected chi connectivity index (χ2v) is 7.69. The zero-order valence-electron chi connectivity index (χ0n) is 16.6. The number of aromatic nitrogens is 4. The Morgan fingerprint density at radius 1 is 1.10 bits per heavy atom. The zero-order valence-corrected chi connectivity index (χ0v) is 16.6. The van der Waals surface area contributed by atoms with E-state index < -0.39 is 0 Å². The van der Waals surface area contributed by atoms with Gasteiger partial charge in [0.05, 0.1) is 5.69 Å². The summed E-state index contributed by atoms with van der Waals surface area (Å²) in [5.74, 6) is -0.0248. The van der Waals surface area contributed by atoms with Gasteiger partial charge in [-0.15, -0.1) is 0 Å². The molecule has 1 aliphatic heterocycles. The number of amides is 1. The molecule has 0 spiro atoms. The number of nitrogens with one attached hydrogen (secondary N) is 1. The molecule has 0 saturated carbocycles. The molecule has 1 saturated heterocycles. The average Bonchev–Trinajstić information content (AvgIpc) is 3.29. The SMILES string of the molecule is Cc1[nH]n2c(=O)cc(C3CC(=O)N(Cc4ccncc4)C3)nc2c1-c1ccccc1. The van der Waals surface area contributed by atoms with E-state index in [-0.39, 0.29) is 17.4 Å². The number of H-pyrrole nitrogens is 1. The molecule has 3 aromatic heterocycles. The van der Waals surface area contributed by atoms with Gasteiger partial charge in [-0.2, -0.15) is 0 Å². The molecule has 0 radical (unpaired) electrons. The third-order valence-corrected chi connectivity index (χ3v) is 5.63. The number of pyridine rings is 1. The van der Waals surface area contributed by atoms with Crippen molar-refractivity contribution in [1.82, 2.24) is 24.5 Å². The molecule has 1 unspecified atom stereocenters. The molecule has 1 N–H and O–H groups in total. The Morgan fingerprint density at radius 3 is 2.63 bits per heavy atom. The molecule has 4 heterocycles. The minimum absolute atomic E-state index is 0.0762. The highest BCUT2D eigenvalue weighted by atomic mass is 16.2. The Kier molecular flexibility index (Phi) is 4.43. The largest absolute Gasteiger partial charge is 0.338 e. The van der Waals surface area contributed by atoms with Gasteiger partial charge in [0.2, 0.25) is 5.91 Å². The molecule has 150 valence electrons. The van der Waals surface area contributed by atoms with E-state index >= 15 is 0 Å². The lowest BCUT2D eigenvalue weighted by atomic mass is 10.0. The van der Waals surface area contributed by atoms with Crippen LogP contribution >= 0.6 is 0 Å². The number of benzene rings is 1. The van der Waals surface area contributed by atoms with E-state index in [0.717, 1.165) is 22.4 Å². The first-order chi connectivity index (χ1) is 14.6. The van der Waals surface area contributed by atoms with Crippen molar-refractivity contribution in [2.24, 2.45) is 0 Å². The number of nitrogens with zero attached hydrogens (tertiary/aromatic N) is 4. The molecular formula is C23H21N5O2. The molecule has 1 amide bonds. The molecule has 1 aliphatic rings. The van der Waals surface area contributed by atoms with Gasteiger partial charge in [0.25, 0.3) is 5.56 Å². The average molecular weight is 399 g/mol. The lowest BCUT2D eigenvalue weighted by molar-refractivity contribution is -0.128. The number of hydrogen-bond acceptors (Lipinski definition) is 4. The third kappa shape index (κ3) is 3.18. The molecule has 1 fully saturated rings. The van der Waals surface area contributed by atoms with Gasteiger partial charge in [-0.25, -0.2) is 9.50 Å². The number of carbonyl (C=O) groups excluding carboxylic acids is 1. The fraction of sp³-hybridized carbons (Fsp3) is 0.217. The van der Waals surface area contributed by atoms with Gasteiger partial charge in [-0.3, -0.25) is 19.7 Å². The van der Waals surface area contributed by atoms with Gasteiger partial charge >= 0.3 is 0 Å². The summed E-state index contributed by atoms with van der Waals surface area (Å²) in [6.07, 6.45) is 3.81. The van der Waals surface area contributed by atoms with Crippen molar-refractivity contribution in [2.75, 3.05) is 6.54 Å². The van der Waals surface area contributed by atoms with E-state index in [4.69, 9.17) is 4.98 Å². The maximum Gasteiger partial charge on any atom is 0.272 e. The predicted octanol–water partition coefficient (Wildman–Crippen LogP) is 2.91. The van der Waals surface area contributed by atoms with Crippen LogP contribution in [0.25, 0.3) is 16.8 Å². The van der Waals surface area contributed by atoms with Gasteiger partial charge in [-0.05, 0) is 30.2 Å². The van der Waals surface area contributed by atoms with Crippen molar-refractivity contribution < 1.29 is 4.79 Å².